The zero-order valence-corrected chi connectivity index (χ0v) is 8.55. The highest BCUT2D eigenvalue weighted by Gasteiger charge is 2.08. The molecule has 54 valence electrons. The van der Waals surface area contributed by atoms with Gasteiger partial charge in [0, 0.05) is 9.65 Å². The van der Waals surface area contributed by atoms with E-state index < -0.39 is 0 Å². The van der Waals surface area contributed by atoms with Crippen molar-refractivity contribution < 1.29 is 0 Å². The van der Waals surface area contributed by atoms with Crippen molar-refractivity contribution in [3.05, 3.63) is 36.5 Å². The Balaban J connectivity index is 2.71. The predicted octanol–water partition coefficient (Wildman–Crippen LogP) is 3.20. The van der Waals surface area contributed by atoms with E-state index in [2.05, 4.69) is 44.0 Å². The van der Waals surface area contributed by atoms with Gasteiger partial charge in [-0.1, -0.05) is 68.3 Å². The molecule has 0 N–H and O–H groups in total. The average molecular weight is 264 g/mol. The summed E-state index contributed by atoms with van der Waals surface area (Å²) in [6.07, 6.45) is 12.3. The van der Waals surface area contributed by atoms with E-state index in [1.807, 2.05) is 24.3 Å². The van der Waals surface area contributed by atoms with Gasteiger partial charge in [0.1, 0.15) is 0 Å². The molecule has 0 saturated carbocycles. The van der Waals surface area contributed by atoms with E-state index in [1.165, 1.54) is 0 Å². The predicted molar refractivity (Wildman–Crippen MR) is 52.9 cm³/mol. The van der Waals surface area contributed by atoms with Crippen molar-refractivity contribution in [3.63, 3.8) is 0 Å². The maximum Gasteiger partial charge on any atom is 0.0488 e. The van der Waals surface area contributed by atoms with E-state index in [4.69, 9.17) is 0 Å². The van der Waals surface area contributed by atoms with Gasteiger partial charge < -0.3 is 0 Å². The lowest BCUT2D eigenvalue weighted by atomic mass is 10.2. The molecule has 1 rings (SSSR count). The molecule has 1 aliphatic rings. The quantitative estimate of drug-likeness (QED) is 0.589. The second kappa shape index (κ2) is 4.14. The topological polar surface area (TPSA) is 0 Å². The minimum Gasteiger partial charge on any atom is -0.0830 e. The van der Waals surface area contributed by atoms with Crippen LogP contribution in [0.4, 0.5) is 0 Å². The third kappa shape index (κ3) is 2.43. The molecule has 0 bridgehead atoms. The lowest BCUT2D eigenvalue weighted by molar-refractivity contribution is 1.13. The van der Waals surface area contributed by atoms with E-state index in [-0.39, 0.29) is 0 Å². The Bertz CT molecular complexity index is 160. The molecule has 0 amide bonds. The standard InChI is InChI=1S/C8H8Br2/c9-7-5-3-1-2-4-6-8(7)10/h1-8H/b2-1-,5-3-,6-4?/t7-,8-/m1/s1. The van der Waals surface area contributed by atoms with Crippen LogP contribution in [0, 0.1) is 0 Å². The van der Waals surface area contributed by atoms with E-state index in [0.29, 0.717) is 9.65 Å². The van der Waals surface area contributed by atoms with Crippen molar-refractivity contribution in [2.75, 3.05) is 0 Å². The first kappa shape index (κ1) is 8.28. The van der Waals surface area contributed by atoms with Crippen molar-refractivity contribution in [2.24, 2.45) is 0 Å². The summed E-state index contributed by atoms with van der Waals surface area (Å²) in [7, 11) is 0. The summed E-state index contributed by atoms with van der Waals surface area (Å²) in [5.74, 6) is 0. The zero-order valence-electron chi connectivity index (χ0n) is 5.37. The first-order valence-corrected chi connectivity index (χ1v) is 4.93. The molecule has 0 saturated heterocycles. The molecular formula is C8H8Br2. The van der Waals surface area contributed by atoms with Gasteiger partial charge in [-0.3, -0.25) is 0 Å². The van der Waals surface area contributed by atoms with Gasteiger partial charge in [0.05, 0.1) is 0 Å². The van der Waals surface area contributed by atoms with E-state index in [1.54, 1.807) is 0 Å². The molecule has 0 unspecified atom stereocenters. The zero-order chi connectivity index (χ0) is 7.40. The van der Waals surface area contributed by atoms with Crippen LogP contribution in [0.15, 0.2) is 36.5 Å². The highest BCUT2D eigenvalue weighted by Crippen LogP contribution is 2.17. The van der Waals surface area contributed by atoms with Crippen LogP contribution in [0.5, 0.6) is 0 Å². The number of hydrogen-bond acceptors (Lipinski definition) is 0. The molecule has 0 aliphatic heterocycles. The molecule has 0 aromatic heterocycles. The van der Waals surface area contributed by atoms with Crippen LogP contribution in [0.3, 0.4) is 0 Å². The second-order valence-electron chi connectivity index (χ2n) is 2.04. The number of allylic oxidation sites excluding steroid dienone is 6. The van der Waals surface area contributed by atoms with Crippen LogP contribution >= 0.6 is 31.9 Å². The van der Waals surface area contributed by atoms with E-state index in [0.717, 1.165) is 0 Å². The van der Waals surface area contributed by atoms with Crippen LogP contribution in [-0.2, 0) is 0 Å². The lowest BCUT2D eigenvalue weighted by Gasteiger charge is -2.07. The molecule has 10 heavy (non-hydrogen) atoms. The van der Waals surface area contributed by atoms with Gasteiger partial charge in [-0.25, -0.2) is 0 Å². The van der Waals surface area contributed by atoms with Crippen LogP contribution in [0.25, 0.3) is 0 Å². The monoisotopic (exact) mass is 262 g/mol. The van der Waals surface area contributed by atoms with E-state index in [9.17, 15) is 0 Å². The number of rotatable bonds is 0. The molecule has 0 spiro atoms. The lowest BCUT2D eigenvalue weighted by Crippen LogP contribution is -2.07. The molecule has 2 atom stereocenters. The summed E-state index contributed by atoms with van der Waals surface area (Å²) in [6.45, 7) is 0. The number of hydrogen-bond donors (Lipinski definition) is 0. The summed E-state index contributed by atoms with van der Waals surface area (Å²) in [5.41, 5.74) is 0. The van der Waals surface area contributed by atoms with Crippen molar-refractivity contribution in [2.45, 2.75) is 9.65 Å². The summed E-state index contributed by atoms with van der Waals surface area (Å²) < 4.78 is 0. The Labute approximate surface area is 78.0 Å². The van der Waals surface area contributed by atoms with Crippen molar-refractivity contribution in [1.29, 1.82) is 0 Å². The highest BCUT2D eigenvalue weighted by molar-refractivity contribution is 9.12. The second-order valence-corrected chi connectivity index (χ2v) is 4.16. The SMILES string of the molecule is Br[C@@H]1C=C/C=C\C=C/[C@H]1Br. The van der Waals surface area contributed by atoms with Crippen LogP contribution in [0.1, 0.15) is 0 Å². The number of alkyl halides is 2. The molecule has 2 heteroatoms. The summed E-state index contributed by atoms with van der Waals surface area (Å²) in [4.78, 5) is 0.794. The molecule has 0 aromatic rings. The van der Waals surface area contributed by atoms with Crippen LogP contribution < -0.4 is 0 Å². The van der Waals surface area contributed by atoms with Crippen molar-refractivity contribution in [1.82, 2.24) is 0 Å². The maximum atomic E-state index is 3.52. The van der Waals surface area contributed by atoms with Gasteiger partial charge in [-0.15, -0.1) is 0 Å². The fraction of sp³-hybridized carbons (Fsp3) is 0.250. The first-order chi connectivity index (χ1) is 4.80. The molecule has 0 heterocycles. The van der Waals surface area contributed by atoms with Gasteiger partial charge in [0.2, 0.25) is 0 Å². The third-order valence-electron chi connectivity index (χ3n) is 1.23. The first-order valence-electron chi connectivity index (χ1n) is 3.10. The minimum absolute atomic E-state index is 0.397. The van der Waals surface area contributed by atoms with Gasteiger partial charge in [0.25, 0.3) is 0 Å². The summed E-state index contributed by atoms with van der Waals surface area (Å²) in [6, 6.07) is 0. The Hall–Kier alpha value is 0.180. The fourth-order valence-corrected chi connectivity index (χ4v) is 1.39. The normalized spacial score (nSPS) is 38.2. The van der Waals surface area contributed by atoms with Gasteiger partial charge >= 0.3 is 0 Å². The minimum atomic E-state index is 0.397. The molecule has 0 fully saturated rings. The smallest absolute Gasteiger partial charge is 0.0488 e. The molecule has 0 aromatic carbocycles. The van der Waals surface area contributed by atoms with Gasteiger partial charge in [-0.2, -0.15) is 0 Å². The molecule has 0 radical (unpaired) electrons. The number of halogens is 2. The average Bonchev–Trinajstić information content (AvgIpc) is 1.92. The third-order valence-corrected chi connectivity index (χ3v) is 3.69. The Morgan fingerprint density at radius 3 is 1.50 bits per heavy atom. The Kier molecular flexibility index (Phi) is 3.43. The maximum absolute atomic E-state index is 3.52. The van der Waals surface area contributed by atoms with Crippen LogP contribution in [0.2, 0.25) is 0 Å². The highest BCUT2D eigenvalue weighted by atomic mass is 79.9. The summed E-state index contributed by atoms with van der Waals surface area (Å²) >= 11 is 7.04. The molecule has 1 aliphatic carbocycles. The van der Waals surface area contributed by atoms with Crippen LogP contribution in [-0.4, -0.2) is 9.65 Å². The van der Waals surface area contributed by atoms with Crippen molar-refractivity contribution in [3.8, 4) is 0 Å². The summed E-state index contributed by atoms with van der Waals surface area (Å²) in [5, 5.41) is 0. The Morgan fingerprint density at radius 2 is 1.10 bits per heavy atom. The largest absolute Gasteiger partial charge is 0.0830 e. The fourth-order valence-electron chi connectivity index (χ4n) is 0.681. The van der Waals surface area contributed by atoms with Gasteiger partial charge in [0.15, 0.2) is 0 Å². The molecule has 0 nitrogen and oxygen atoms in total. The van der Waals surface area contributed by atoms with E-state index >= 15 is 0 Å². The van der Waals surface area contributed by atoms with Gasteiger partial charge in [-0.05, 0) is 0 Å². The van der Waals surface area contributed by atoms with Crippen molar-refractivity contribution >= 4 is 31.9 Å². The Morgan fingerprint density at radius 1 is 0.700 bits per heavy atom. The molecular weight excluding hydrogens is 256 g/mol.